The summed E-state index contributed by atoms with van der Waals surface area (Å²) >= 11 is 1.84. The minimum Gasteiger partial charge on any atom is -0.357 e. The molecule has 0 saturated heterocycles. The van der Waals surface area contributed by atoms with Crippen LogP contribution in [0.5, 0.6) is 0 Å². The van der Waals surface area contributed by atoms with Gasteiger partial charge in [-0.3, -0.25) is 4.79 Å². The smallest absolute Gasteiger partial charge is 0.251 e. The van der Waals surface area contributed by atoms with Crippen LogP contribution in [-0.4, -0.2) is 31.0 Å². The largest absolute Gasteiger partial charge is 0.357 e. The van der Waals surface area contributed by atoms with Crippen LogP contribution in [0.1, 0.15) is 52.9 Å². The lowest BCUT2D eigenvalue weighted by Gasteiger charge is -2.17. The number of carbonyl (C=O) groups is 1. The van der Waals surface area contributed by atoms with Crippen LogP contribution in [0.3, 0.4) is 0 Å². The SMILES string of the molecule is CCCNC(=O)c1cccc(CN=C(NCC)NC(C)Cc2ccc(C)s2)c1. The predicted octanol–water partition coefficient (Wildman–Crippen LogP) is 3.88. The maximum Gasteiger partial charge on any atom is 0.251 e. The van der Waals surface area contributed by atoms with Gasteiger partial charge in [-0.05, 0) is 57.0 Å². The van der Waals surface area contributed by atoms with Crippen LogP contribution in [-0.2, 0) is 13.0 Å². The molecule has 1 atom stereocenters. The third-order valence-electron chi connectivity index (χ3n) is 4.18. The van der Waals surface area contributed by atoms with Gasteiger partial charge in [0.05, 0.1) is 6.54 Å². The summed E-state index contributed by atoms with van der Waals surface area (Å²) < 4.78 is 0. The van der Waals surface area contributed by atoms with E-state index in [1.807, 2.05) is 42.5 Å². The van der Waals surface area contributed by atoms with Gasteiger partial charge in [-0.15, -0.1) is 11.3 Å². The quantitative estimate of drug-likeness (QED) is 0.442. The average molecular weight is 401 g/mol. The molecule has 1 aromatic heterocycles. The van der Waals surface area contributed by atoms with Crippen molar-refractivity contribution in [2.75, 3.05) is 13.1 Å². The molecule has 0 aliphatic heterocycles. The summed E-state index contributed by atoms with van der Waals surface area (Å²) in [6, 6.07) is 12.3. The van der Waals surface area contributed by atoms with E-state index in [1.165, 1.54) is 9.75 Å². The van der Waals surface area contributed by atoms with E-state index < -0.39 is 0 Å². The fourth-order valence-electron chi connectivity index (χ4n) is 2.82. The first-order valence-electron chi connectivity index (χ1n) is 9.99. The summed E-state index contributed by atoms with van der Waals surface area (Å²) in [4.78, 5) is 19.6. The molecule has 0 spiro atoms. The molecule has 1 unspecified atom stereocenters. The number of hydrogen-bond acceptors (Lipinski definition) is 3. The Balaban J connectivity index is 1.98. The number of aryl methyl sites for hydroxylation is 1. The number of rotatable bonds is 9. The van der Waals surface area contributed by atoms with Gasteiger partial charge in [-0.1, -0.05) is 19.1 Å². The first kappa shape index (κ1) is 22.0. The topological polar surface area (TPSA) is 65.5 Å². The van der Waals surface area contributed by atoms with Gasteiger partial charge in [0, 0.05) is 40.9 Å². The Hall–Kier alpha value is -2.34. The molecule has 1 aromatic carbocycles. The predicted molar refractivity (Wildman–Crippen MR) is 119 cm³/mol. The van der Waals surface area contributed by atoms with Crippen LogP contribution in [0.15, 0.2) is 41.4 Å². The van der Waals surface area contributed by atoms with E-state index in [9.17, 15) is 4.79 Å². The van der Waals surface area contributed by atoms with E-state index in [2.05, 4.69) is 48.9 Å². The summed E-state index contributed by atoms with van der Waals surface area (Å²) in [5, 5.41) is 9.69. The van der Waals surface area contributed by atoms with Crippen molar-refractivity contribution in [3.8, 4) is 0 Å². The number of benzene rings is 1. The van der Waals surface area contributed by atoms with E-state index in [4.69, 9.17) is 4.99 Å². The van der Waals surface area contributed by atoms with Crippen molar-refractivity contribution in [1.29, 1.82) is 0 Å². The summed E-state index contributed by atoms with van der Waals surface area (Å²) in [5.41, 5.74) is 1.70. The zero-order valence-corrected chi connectivity index (χ0v) is 18.2. The fourth-order valence-corrected chi connectivity index (χ4v) is 3.84. The number of nitrogens with one attached hydrogen (secondary N) is 3. The van der Waals surface area contributed by atoms with E-state index in [0.29, 0.717) is 18.7 Å². The van der Waals surface area contributed by atoms with Gasteiger partial charge in [0.25, 0.3) is 5.91 Å². The van der Waals surface area contributed by atoms with E-state index in [0.717, 1.165) is 30.9 Å². The Bertz CT molecular complexity index is 784. The monoisotopic (exact) mass is 400 g/mol. The second-order valence-electron chi connectivity index (χ2n) is 6.91. The van der Waals surface area contributed by atoms with Crippen molar-refractivity contribution in [2.24, 2.45) is 4.99 Å². The first-order chi connectivity index (χ1) is 13.5. The molecule has 152 valence electrons. The van der Waals surface area contributed by atoms with E-state index in [-0.39, 0.29) is 11.9 Å². The molecule has 2 rings (SSSR count). The Morgan fingerprint density at radius 2 is 2.00 bits per heavy atom. The molecule has 6 heteroatoms. The molecule has 0 bridgehead atoms. The van der Waals surface area contributed by atoms with Crippen LogP contribution in [0.4, 0.5) is 0 Å². The Morgan fingerprint density at radius 3 is 2.68 bits per heavy atom. The van der Waals surface area contributed by atoms with Gasteiger partial charge in [0.2, 0.25) is 0 Å². The maximum absolute atomic E-state index is 12.1. The molecule has 1 heterocycles. The molecule has 1 amide bonds. The molecule has 0 aliphatic carbocycles. The molecule has 0 saturated carbocycles. The summed E-state index contributed by atoms with van der Waals surface area (Å²) in [6.07, 6.45) is 1.90. The van der Waals surface area contributed by atoms with Crippen molar-refractivity contribution in [3.63, 3.8) is 0 Å². The van der Waals surface area contributed by atoms with Crippen molar-refractivity contribution < 1.29 is 4.79 Å². The van der Waals surface area contributed by atoms with Crippen molar-refractivity contribution >= 4 is 23.2 Å². The van der Waals surface area contributed by atoms with Gasteiger partial charge in [-0.25, -0.2) is 4.99 Å². The van der Waals surface area contributed by atoms with Crippen molar-refractivity contribution in [2.45, 2.75) is 53.1 Å². The lowest BCUT2D eigenvalue weighted by Crippen LogP contribution is -2.43. The fraction of sp³-hybridized carbons (Fsp3) is 0.455. The second kappa shape index (κ2) is 11.5. The van der Waals surface area contributed by atoms with Gasteiger partial charge in [0.1, 0.15) is 0 Å². The molecule has 0 fully saturated rings. The maximum atomic E-state index is 12.1. The van der Waals surface area contributed by atoms with Crippen molar-refractivity contribution in [3.05, 3.63) is 57.3 Å². The number of carbonyl (C=O) groups excluding carboxylic acids is 1. The highest BCUT2D eigenvalue weighted by Gasteiger charge is 2.09. The molecular formula is C22H32N4OS. The van der Waals surface area contributed by atoms with Crippen LogP contribution in [0, 0.1) is 6.92 Å². The molecule has 0 aliphatic rings. The summed E-state index contributed by atoms with van der Waals surface area (Å²) in [5.74, 6) is 0.765. The molecular weight excluding hydrogens is 368 g/mol. The summed E-state index contributed by atoms with van der Waals surface area (Å²) in [6.45, 7) is 10.4. The average Bonchev–Trinajstić information content (AvgIpc) is 3.09. The Morgan fingerprint density at radius 1 is 1.18 bits per heavy atom. The van der Waals surface area contributed by atoms with Gasteiger partial charge in [0.15, 0.2) is 5.96 Å². The van der Waals surface area contributed by atoms with E-state index >= 15 is 0 Å². The lowest BCUT2D eigenvalue weighted by atomic mass is 10.1. The minimum absolute atomic E-state index is 0.0300. The minimum atomic E-state index is -0.0300. The number of nitrogens with zero attached hydrogens (tertiary/aromatic N) is 1. The highest BCUT2D eigenvalue weighted by Crippen LogP contribution is 2.16. The number of hydrogen-bond donors (Lipinski definition) is 3. The Kier molecular flexibility index (Phi) is 9.01. The van der Waals surface area contributed by atoms with E-state index in [1.54, 1.807) is 0 Å². The van der Waals surface area contributed by atoms with Crippen LogP contribution < -0.4 is 16.0 Å². The zero-order chi connectivity index (χ0) is 20.4. The van der Waals surface area contributed by atoms with Gasteiger partial charge < -0.3 is 16.0 Å². The number of amides is 1. The van der Waals surface area contributed by atoms with Gasteiger partial charge in [-0.2, -0.15) is 0 Å². The Labute approximate surface area is 172 Å². The highest BCUT2D eigenvalue weighted by molar-refractivity contribution is 7.11. The molecule has 28 heavy (non-hydrogen) atoms. The number of guanidine groups is 1. The second-order valence-corrected chi connectivity index (χ2v) is 8.29. The third kappa shape index (κ3) is 7.35. The summed E-state index contributed by atoms with van der Waals surface area (Å²) in [7, 11) is 0. The number of thiophene rings is 1. The molecule has 0 radical (unpaired) electrons. The van der Waals surface area contributed by atoms with Crippen LogP contribution in [0.25, 0.3) is 0 Å². The third-order valence-corrected chi connectivity index (χ3v) is 5.20. The normalized spacial score (nSPS) is 12.5. The van der Waals surface area contributed by atoms with Crippen LogP contribution >= 0.6 is 11.3 Å². The molecule has 3 N–H and O–H groups in total. The molecule has 5 nitrogen and oxygen atoms in total. The lowest BCUT2D eigenvalue weighted by molar-refractivity contribution is 0.0953. The van der Waals surface area contributed by atoms with Gasteiger partial charge >= 0.3 is 0 Å². The molecule has 2 aromatic rings. The first-order valence-corrected chi connectivity index (χ1v) is 10.8. The standard InChI is InChI=1S/C22H32N4OS/c1-5-12-24-21(27)19-9-7-8-18(14-19)15-25-22(23-6-2)26-16(3)13-20-11-10-17(4)28-20/h7-11,14,16H,5-6,12-13,15H2,1-4H3,(H,24,27)(H2,23,25,26). The highest BCUT2D eigenvalue weighted by atomic mass is 32.1. The van der Waals surface area contributed by atoms with Crippen LogP contribution in [0.2, 0.25) is 0 Å². The zero-order valence-electron chi connectivity index (χ0n) is 17.3. The van der Waals surface area contributed by atoms with Crippen molar-refractivity contribution in [1.82, 2.24) is 16.0 Å². The number of aliphatic imine (C=N–C) groups is 1.